The molecule has 3 rings (SSSR count). The Bertz CT molecular complexity index is 923. The first-order valence-electron chi connectivity index (χ1n) is 8.86. The Labute approximate surface area is 167 Å². The third-order valence-electron chi connectivity index (χ3n) is 4.66. The molecule has 148 valence electrons. The predicted octanol–water partition coefficient (Wildman–Crippen LogP) is 2.18. The number of piperazine rings is 1. The van der Waals surface area contributed by atoms with E-state index in [9.17, 15) is 14.0 Å². The molecule has 1 aliphatic rings. The van der Waals surface area contributed by atoms with Gasteiger partial charge in [0.05, 0.1) is 11.7 Å². The summed E-state index contributed by atoms with van der Waals surface area (Å²) in [6, 6.07) is 6.06. The van der Waals surface area contributed by atoms with Crippen LogP contribution in [0.1, 0.15) is 35.9 Å². The van der Waals surface area contributed by atoms with Crippen LogP contribution in [0.25, 0.3) is 11.3 Å². The van der Waals surface area contributed by atoms with E-state index in [1.165, 1.54) is 26.1 Å². The first-order chi connectivity index (χ1) is 13.3. The maximum atomic E-state index is 14.0. The van der Waals surface area contributed by atoms with Gasteiger partial charge in [-0.15, -0.1) is 0 Å². The van der Waals surface area contributed by atoms with E-state index in [0.717, 1.165) is 5.56 Å². The third-order valence-corrected chi connectivity index (χ3v) is 4.86. The fraction of sp³-hybridized carbons (Fsp3) is 0.368. The van der Waals surface area contributed by atoms with Crippen LogP contribution in [-0.4, -0.2) is 52.9 Å². The first-order valence-corrected chi connectivity index (χ1v) is 9.24. The summed E-state index contributed by atoms with van der Waals surface area (Å²) in [5.74, 6) is -1.33. The highest BCUT2D eigenvalue weighted by Crippen LogP contribution is 2.29. The van der Waals surface area contributed by atoms with Crippen LogP contribution in [0.4, 0.5) is 4.39 Å². The summed E-state index contributed by atoms with van der Waals surface area (Å²) in [7, 11) is 1.44. The van der Waals surface area contributed by atoms with Crippen molar-refractivity contribution in [2.45, 2.75) is 25.9 Å². The maximum absolute atomic E-state index is 14.0. The highest BCUT2D eigenvalue weighted by atomic mass is 35.5. The molecule has 0 aromatic carbocycles. The summed E-state index contributed by atoms with van der Waals surface area (Å²) >= 11 is 6.22. The molecule has 28 heavy (non-hydrogen) atoms. The molecule has 1 aliphatic heterocycles. The monoisotopic (exact) mass is 405 g/mol. The topological polar surface area (TPSA) is 87.2 Å². The molecule has 0 radical (unpaired) electrons. The average molecular weight is 406 g/mol. The smallest absolute Gasteiger partial charge is 0.269 e. The number of rotatable bonds is 3. The lowest BCUT2D eigenvalue weighted by Gasteiger charge is -2.39. The van der Waals surface area contributed by atoms with Crippen molar-refractivity contribution in [3.05, 3.63) is 46.6 Å². The Hall–Kier alpha value is -2.58. The molecule has 9 heteroatoms. The molecular weight excluding hydrogens is 385 g/mol. The van der Waals surface area contributed by atoms with Gasteiger partial charge in [-0.25, -0.2) is 9.97 Å². The Balaban J connectivity index is 2.04. The minimum absolute atomic E-state index is 0.0373. The van der Waals surface area contributed by atoms with Gasteiger partial charge in [0.15, 0.2) is 0 Å². The van der Waals surface area contributed by atoms with Crippen molar-refractivity contribution in [1.82, 2.24) is 25.5 Å². The number of nitrogens with zero attached hydrogens (tertiary/aromatic N) is 3. The second-order valence-corrected chi connectivity index (χ2v) is 7.14. The van der Waals surface area contributed by atoms with Crippen LogP contribution in [0.2, 0.25) is 5.15 Å². The molecule has 2 atom stereocenters. The second kappa shape index (κ2) is 8.20. The lowest BCUT2D eigenvalue weighted by atomic mass is 10.00. The van der Waals surface area contributed by atoms with E-state index < -0.39 is 11.9 Å². The molecule has 3 heterocycles. The van der Waals surface area contributed by atoms with E-state index >= 15 is 0 Å². The lowest BCUT2D eigenvalue weighted by molar-refractivity contribution is -0.132. The molecule has 0 unspecified atom stereocenters. The first kappa shape index (κ1) is 20.2. The Kier molecular flexibility index (Phi) is 5.90. The van der Waals surface area contributed by atoms with Crippen LogP contribution < -0.4 is 10.6 Å². The average Bonchev–Trinajstić information content (AvgIpc) is 2.66. The van der Waals surface area contributed by atoms with Crippen LogP contribution in [-0.2, 0) is 4.79 Å². The molecule has 0 aliphatic carbocycles. The Morgan fingerprint density at radius 2 is 2.04 bits per heavy atom. The number of hydrogen-bond donors (Lipinski definition) is 2. The zero-order valence-corrected chi connectivity index (χ0v) is 16.5. The number of nitrogens with one attached hydrogen (secondary N) is 2. The molecule has 1 fully saturated rings. The zero-order chi connectivity index (χ0) is 20.4. The summed E-state index contributed by atoms with van der Waals surface area (Å²) in [4.78, 5) is 33.6. The van der Waals surface area contributed by atoms with E-state index in [2.05, 4.69) is 20.6 Å². The van der Waals surface area contributed by atoms with Gasteiger partial charge in [0, 0.05) is 44.7 Å². The standard InChI is InChI=1S/C19H21ClFN5O2/c1-10-9-26(11(2)27)16(8-23-10)13-5-14(24-17(20)6-13)12-4-15(19(28)22-3)25-18(21)7-12/h4-7,10,16,23H,8-9H2,1-3H3,(H,22,28)/t10-,16-/m1/s1. The number of aromatic nitrogens is 2. The highest BCUT2D eigenvalue weighted by molar-refractivity contribution is 6.29. The van der Waals surface area contributed by atoms with Crippen LogP contribution in [0, 0.1) is 5.95 Å². The summed E-state index contributed by atoms with van der Waals surface area (Å²) in [5.41, 5.74) is 1.50. The van der Waals surface area contributed by atoms with Crippen molar-refractivity contribution < 1.29 is 14.0 Å². The second-order valence-electron chi connectivity index (χ2n) is 6.75. The number of carbonyl (C=O) groups is 2. The minimum Gasteiger partial charge on any atom is -0.354 e. The lowest BCUT2D eigenvalue weighted by Crippen LogP contribution is -2.52. The van der Waals surface area contributed by atoms with Gasteiger partial charge < -0.3 is 15.5 Å². The molecule has 2 aromatic rings. The van der Waals surface area contributed by atoms with Crippen LogP contribution >= 0.6 is 11.6 Å². The zero-order valence-electron chi connectivity index (χ0n) is 15.8. The van der Waals surface area contributed by atoms with E-state index in [-0.39, 0.29) is 28.8 Å². The molecule has 7 nitrogen and oxygen atoms in total. The summed E-state index contributed by atoms with van der Waals surface area (Å²) in [6.45, 7) is 4.68. The van der Waals surface area contributed by atoms with Gasteiger partial charge in [0.1, 0.15) is 10.8 Å². The SMILES string of the molecule is CNC(=O)c1cc(-c2cc([C@H]3CN[C@H](C)CN3C(C)=O)cc(Cl)n2)cc(F)n1. The summed E-state index contributed by atoms with van der Waals surface area (Å²) in [5, 5.41) is 5.99. The molecule has 2 aromatic heterocycles. The number of amides is 2. The van der Waals surface area contributed by atoms with Crippen molar-refractivity contribution in [1.29, 1.82) is 0 Å². The third kappa shape index (κ3) is 4.28. The molecule has 0 saturated carbocycles. The van der Waals surface area contributed by atoms with E-state index in [4.69, 9.17) is 11.6 Å². The Morgan fingerprint density at radius 3 is 2.71 bits per heavy atom. The van der Waals surface area contributed by atoms with Crippen LogP contribution in [0.3, 0.4) is 0 Å². The van der Waals surface area contributed by atoms with Gasteiger partial charge in [0.2, 0.25) is 11.9 Å². The number of carbonyl (C=O) groups excluding carboxylic acids is 2. The number of hydrogen-bond acceptors (Lipinski definition) is 5. The van der Waals surface area contributed by atoms with E-state index in [1.54, 1.807) is 17.0 Å². The molecule has 0 bridgehead atoms. The van der Waals surface area contributed by atoms with Crippen molar-refractivity contribution in [3.63, 3.8) is 0 Å². The van der Waals surface area contributed by atoms with Crippen molar-refractivity contribution in [3.8, 4) is 11.3 Å². The number of pyridine rings is 2. The molecule has 2 N–H and O–H groups in total. The molecule has 0 spiro atoms. The van der Waals surface area contributed by atoms with Crippen molar-refractivity contribution >= 4 is 23.4 Å². The van der Waals surface area contributed by atoms with Gasteiger partial charge in [-0.1, -0.05) is 11.6 Å². The van der Waals surface area contributed by atoms with Gasteiger partial charge in [0.25, 0.3) is 5.91 Å². The summed E-state index contributed by atoms with van der Waals surface area (Å²) in [6.07, 6.45) is 0. The van der Waals surface area contributed by atoms with E-state index in [1.807, 2.05) is 6.92 Å². The van der Waals surface area contributed by atoms with Gasteiger partial charge in [-0.3, -0.25) is 9.59 Å². The van der Waals surface area contributed by atoms with Gasteiger partial charge in [-0.2, -0.15) is 4.39 Å². The normalized spacial score (nSPS) is 19.4. The van der Waals surface area contributed by atoms with Crippen molar-refractivity contribution in [2.24, 2.45) is 0 Å². The molecular formula is C19H21ClFN5O2. The maximum Gasteiger partial charge on any atom is 0.269 e. The quantitative estimate of drug-likeness (QED) is 0.764. The molecule has 1 saturated heterocycles. The van der Waals surface area contributed by atoms with E-state index in [0.29, 0.717) is 24.3 Å². The fourth-order valence-corrected chi connectivity index (χ4v) is 3.52. The number of halogens is 2. The van der Waals surface area contributed by atoms with Gasteiger partial charge >= 0.3 is 0 Å². The highest BCUT2D eigenvalue weighted by Gasteiger charge is 2.29. The van der Waals surface area contributed by atoms with Gasteiger partial charge in [-0.05, 0) is 30.7 Å². The Morgan fingerprint density at radius 1 is 1.29 bits per heavy atom. The van der Waals surface area contributed by atoms with Crippen LogP contribution in [0.15, 0.2) is 24.3 Å². The van der Waals surface area contributed by atoms with Crippen LogP contribution in [0.5, 0.6) is 0 Å². The predicted molar refractivity (Wildman–Crippen MR) is 103 cm³/mol. The fourth-order valence-electron chi connectivity index (χ4n) is 3.30. The largest absolute Gasteiger partial charge is 0.354 e. The summed E-state index contributed by atoms with van der Waals surface area (Å²) < 4.78 is 14.0. The molecule has 2 amide bonds. The minimum atomic E-state index is -0.794. The van der Waals surface area contributed by atoms with Crippen molar-refractivity contribution in [2.75, 3.05) is 20.1 Å².